The summed E-state index contributed by atoms with van der Waals surface area (Å²) in [6.45, 7) is 1.50. The Kier molecular flexibility index (Phi) is 6.84. The minimum absolute atomic E-state index is 0.0307. The molecule has 1 heterocycles. The van der Waals surface area contributed by atoms with E-state index in [1.54, 1.807) is 12.1 Å². The van der Waals surface area contributed by atoms with Crippen LogP contribution in [0, 0.1) is 0 Å². The van der Waals surface area contributed by atoms with E-state index in [1.165, 1.54) is 0 Å². The number of benzene rings is 2. The lowest BCUT2D eigenvalue weighted by Crippen LogP contribution is -2.31. The maximum atomic E-state index is 12.0. The van der Waals surface area contributed by atoms with Crippen molar-refractivity contribution < 1.29 is 18.6 Å². The summed E-state index contributed by atoms with van der Waals surface area (Å²) < 4.78 is 27.9. The molecule has 0 spiro atoms. The molecule has 2 atom stereocenters. The minimum atomic E-state index is -4.28. The van der Waals surface area contributed by atoms with Crippen LogP contribution in [0.2, 0.25) is 10.0 Å². The second-order valence-corrected chi connectivity index (χ2v) is 10.2. The van der Waals surface area contributed by atoms with Crippen LogP contribution in [0.15, 0.2) is 36.4 Å². The highest BCUT2D eigenvalue weighted by Crippen LogP contribution is 2.39. The molecular weight excluding hydrogens is 444 g/mol. The molecule has 0 radical (unpaired) electrons. The van der Waals surface area contributed by atoms with Crippen molar-refractivity contribution in [2.24, 2.45) is 0 Å². The van der Waals surface area contributed by atoms with Crippen molar-refractivity contribution in [3.63, 3.8) is 0 Å². The number of fused-ring (bicyclic) bond motifs is 1. The number of nitrogens with zero attached hydrogens (tertiary/aromatic N) is 1. The number of rotatable bonds is 6. The standard InChI is InChI=1S/C17H20Cl2N3O4PS/c1-22-8-15(14-6-12(18)7-17(19)16(14)9-22)11-3-2-4-13(5-11)21-28(26)20-10-27(23,24)25/h2-7,15,20-21H,8-10H2,1H3,(H2,23,24,25). The maximum Gasteiger partial charge on any atom is 0.340 e. The molecular formula is C17H20Cl2N3O4PS. The Morgan fingerprint density at radius 3 is 2.75 bits per heavy atom. The van der Waals surface area contributed by atoms with E-state index in [0.717, 1.165) is 29.8 Å². The van der Waals surface area contributed by atoms with Gasteiger partial charge >= 0.3 is 7.60 Å². The average molecular weight is 464 g/mol. The zero-order valence-corrected chi connectivity index (χ0v) is 18.2. The quantitative estimate of drug-likeness (QED) is 0.492. The first kappa shape index (κ1) is 21.7. The van der Waals surface area contributed by atoms with Crippen LogP contribution in [-0.4, -0.2) is 38.8 Å². The van der Waals surface area contributed by atoms with Crippen LogP contribution in [0.3, 0.4) is 0 Å². The Morgan fingerprint density at radius 1 is 1.29 bits per heavy atom. The first-order valence-corrected chi connectivity index (χ1v) is 12.1. The van der Waals surface area contributed by atoms with Gasteiger partial charge in [0.15, 0.2) is 11.2 Å². The highest BCUT2D eigenvalue weighted by atomic mass is 35.5. The molecule has 0 aromatic heterocycles. The number of hydrogen-bond acceptors (Lipinski definition) is 3. The zero-order chi connectivity index (χ0) is 20.5. The number of hydrogen-bond donors (Lipinski definition) is 4. The molecule has 28 heavy (non-hydrogen) atoms. The molecule has 4 N–H and O–H groups in total. The second-order valence-electron chi connectivity index (χ2n) is 6.67. The SMILES string of the molecule is CN1Cc2c(Cl)cc(Cl)cc2C(c2cccc(NS(=O)NCP(=O)(O)O)c2)C1. The summed E-state index contributed by atoms with van der Waals surface area (Å²) in [5, 5.41) is 1.21. The van der Waals surface area contributed by atoms with Crippen molar-refractivity contribution in [3.05, 3.63) is 63.1 Å². The van der Waals surface area contributed by atoms with Crippen LogP contribution in [0.5, 0.6) is 0 Å². The lowest BCUT2D eigenvalue weighted by atomic mass is 9.84. The maximum absolute atomic E-state index is 12.0. The van der Waals surface area contributed by atoms with Gasteiger partial charge in [0.25, 0.3) is 0 Å². The summed E-state index contributed by atoms with van der Waals surface area (Å²) in [4.78, 5) is 19.9. The molecule has 0 bridgehead atoms. The van der Waals surface area contributed by atoms with E-state index in [0.29, 0.717) is 15.7 Å². The molecule has 0 aliphatic carbocycles. The Labute approximate surface area is 175 Å². The van der Waals surface area contributed by atoms with Crippen molar-refractivity contribution in [2.75, 3.05) is 24.6 Å². The summed E-state index contributed by atoms with van der Waals surface area (Å²) in [7, 11) is -2.27. The summed E-state index contributed by atoms with van der Waals surface area (Å²) in [6.07, 6.45) is -0.676. The van der Waals surface area contributed by atoms with Gasteiger partial charge in [-0.1, -0.05) is 35.3 Å². The fraction of sp³-hybridized carbons (Fsp3) is 0.294. The average Bonchev–Trinajstić information content (AvgIpc) is 2.60. The van der Waals surface area contributed by atoms with E-state index in [-0.39, 0.29) is 5.92 Å². The molecule has 1 aliphatic rings. The first-order chi connectivity index (χ1) is 13.1. The molecule has 3 rings (SSSR count). The van der Waals surface area contributed by atoms with Gasteiger partial charge in [-0.15, -0.1) is 0 Å². The molecule has 0 saturated heterocycles. The summed E-state index contributed by atoms with van der Waals surface area (Å²) in [5.41, 5.74) is 3.66. The second kappa shape index (κ2) is 8.81. The van der Waals surface area contributed by atoms with E-state index >= 15 is 0 Å². The summed E-state index contributed by atoms with van der Waals surface area (Å²) in [5.74, 6) is 0.0307. The van der Waals surface area contributed by atoms with Gasteiger partial charge in [-0.2, -0.15) is 0 Å². The lowest BCUT2D eigenvalue weighted by molar-refractivity contribution is 0.295. The Morgan fingerprint density at radius 2 is 2.04 bits per heavy atom. The minimum Gasteiger partial charge on any atom is -0.324 e. The van der Waals surface area contributed by atoms with Gasteiger partial charge in [0.1, 0.15) is 6.29 Å². The van der Waals surface area contributed by atoms with Gasteiger partial charge in [-0.3, -0.25) is 9.29 Å². The van der Waals surface area contributed by atoms with Crippen molar-refractivity contribution >= 4 is 47.7 Å². The fourth-order valence-electron chi connectivity index (χ4n) is 3.24. The van der Waals surface area contributed by atoms with Crippen LogP contribution < -0.4 is 9.44 Å². The summed E-state index contributed by atoms with van der Waals surface area (Å²) >= 11 is 10.8. The predicted molar refractivity (Wildman–Crippen MR) is 113 cm³/mol. The van der Waals surface area contributed by atoms with E-state index in [1.807, 2.05) is 31.3 Å². The Bertz CT molecular complexity index is 956. The molecule has 2 unspecified atom stereocenters. The van der Waals surface area contributed by atoms with Crippen LogP contribution in [0.4, 0.5) is 5.69 Å². The van der Waals surface area contributed by atoms with Crippen LogP contribution in [-0.2, 0) is 22.3 Å². The molecule has 0 fully saturated rings. The first-order valence-electron chi connectivity index (χ1n) is 8.35. The van der Waals surface area contributed by atoms with Crippen molar-refractivity contribution in [3.8, 4) is 0 Å². The molecule has 11 heteroatoms. The molecule has 1 aliphatic heterocycles. The van der Waals surface area contributed by atoms with Crippen LogP contribution in [0.1, 0.15) is 22.6 Å². The van der Waals surface area contributed by atoms with Crippen molar-refractivity contribution in [1.82, 2.24) is 9.62 Å². The molecule has 0 saturated carbocycles. The normalized spacial score (nSPS) is 18.5. The zero-order valence-electron chi connectivity index (χ0n) is 14.9. The topological polar surface area (TPSA) is 102 Å². The third-order valence-corrected chi connectivity index (χ3v) is 6.56. The van der Waals surface area contributed by atoms with Gasteiger partial charge in [-0.05, 0) is 48.0 Å². The van der Waals surface area contributed by atoms with Gasteiger partial charge < -0.3 is 14.7 Å². The molecule has 2 aromatic rings. The molecule has 7 nitrogen and oxygen atoms in total. The number of halogens is 2. The number of anilines is 1. The van der Waals surface area contributed by atoms with Gasteiger partial charge in [-0.25, -0.2) is 8.93 Å². The molecule has 0 amide bonds. The predicted octanol–water partition coefficient (Wildman–Crippen LogP) is 3.29. The number of likely N-dealkylation sites (N-methyl/N-ethyl adjacent to an activating group) is 1. The van der Waals surface area contributed by atoms with Crippen molar-refractivity contribution in [2.45, 2.75) is 12.5 Å². The molecule has 152 valence electrons. The molecule has 2 aromatic carbocycles. The van der Waals surface area contributed by atoms with Crippen LogP contribution in [0.25, 0.3) is 0 Å². The highest BCUT2D eigenvalue weighted by molar-refractivity contribution is 7.84. The van der Waals surface area contributed by atoms with E-state index in [4.69, 9.17) is 33.0 Å². The largest absolute Gasteiger partial charge is 0.340 e. The van der Waals surface area contributed by atoms with Crippen LogP contribution >= 0.6 is 30.8 Å². The third kappa shape index (κ3) is 5.55. The highest BCUT2D eigenvalue weighted by Gasteiger charge is 2.27. The fourth-order valence-corrected chi connectivity index (χ4v) is 5.36. The Balaban J connectivity index is 1.85. The van der Waals surface area contributed by atoms with Gasteiger partial charge in [0.05, 0.1) is 0 Å². The van der Waals surface area contributed by atoms with Gasteiger partial charge in [0.2, 0.25) is 0 Å². The smallest absolute Gasteiger partial charge is 0.324 e. The van der Waals surface area contributed by atoms with E-state index in [9.17, 15) is 8.77 Å². The Hall–Kier alpha value is -0.960. The lowest BCUT2D eigenvalue weighted by Gasteiger charge is -2.33. The van der Waals surface area contributed by atoms with E-state index < -0.39 is 25.1 Å². The summed E-state index contributed by atoms with van der Waals surface area (Å²) in [6, 6.07) is 11.1. The third-order valence-electron chi connectivity index (χ3n) is 4.39. The number of nitrogens with one attached hydrogen (secondary N) is 2. The van der Waals surface area contributed by atoms with Gasteiger partial charge in [0, 0.05) is 34.7 Å². The van der Waals surface area contributed by atoms with E-state index in [2.05, 4.69) is 14.3 Å². The monoisotopic (exact) mass is 463 g/mol. The van der Waals surface area contributed by atoms with Crippen molar-refractivity contribution in [1.29, 1.82) is 0 Å².